The number of pyridine rings is 1. The second kappa shape index (κ2) is 8.88. The number of hydrogen-bond donors (Lipinski definition) is 0. The second-order valence-corrected chi connectivity index (χ2v) is 11.0. The number of benzene rings is 4. The molecule has 0 saturated heterocycles. The molecule has 37 heavy (non-hydrogen) atoms. The smallest absolute Gasteiger partial charge is 0.145 e. The van der Waals surface area contributed by atoms with Gasteiger partial charge in [0.05, 0.1) is 17.4 Å². The molecule has 6 aromatic rings. The largest absolute Gasteiger partial charge is 0.292 e. The van der Waals surface area contributed by atoms with Crippen molar-refractivity contribution >= 4 is 27.3 Å². The highest BCUT2D eigenvalue weighted by atomic mass is 15.0. The molecule has 0 amide bonds. The monoisotopic (exact) mass is 482 g/mol. The maximum atomic E-state index is 5.07. The number of aromatic nitrogens is 2. The molecule has 0 unspecified atom stereocenters. The molecule has 0 N–H and O–H groups in total. The molecule has 2 heterocycles. The van der Waals surface area contributed by atoms with Gasteiger partial charge in [-0.25, -0.2) is 4.98 Å². The first-order valence-corrected chi connectivity index (χ1v) is 13.4. The molecule has 0 radical (unpaired) electrons. The van der Waals surface area contributed by atoms with Gasteiger partial charge in [-0.2, -0.15) is 0 Å². The SMILES string of the molecule is Cc1cc2c3ccccc3c3ncc(-c4c(C(C)C)cc(-c5ccccc5)cc4C(C)C)n3c2cc1C. The highest BCUT2D eigenvalue weighted by Gasteiger charge is 2.23. The molecule has 4 aromatic carbocycles. The molecule has 0 spiro atoms. The van der Waals surface area contributed by atoms with Gasteiger partial charge in [0.25, 0.3) is 0 Å². The topological polar surface area (TPSA) is 17.3 Å². The predicted octanol–water partition coefficient (Wildman–Crippen LogP) is 9.84. The number of nitrogens with zero attached hydrogens (tertiary/aromatic N) is 2. The van der Waals surface area contributed by atoms with E-state index in [0.717, 1.165) is 5.65 Å². The van der Waals surface area contributed by atoms with Gasteiger partial charge in [-0.3, -0.25) is 4.40 Å². The Morgan fingerprint density at radius 2 is 1.22 bits per heavy atom. The number of rotatable bonds is 4. The van der Waals surface area contributed by atoms with Crippen molar-refractivity contribution in [3.8, 4) is 22.4 Å². The Bertz CT molecular complexity index is 1760. The minimum absolute atomic E-state index is 0.373. The van der Waals surface area contributed by atoms with E-state index in [0.29, 0.717) is 11.8 Å². The molecule has 2 aromatic heterocycles. The van der Waals surface area contributed by atoms with E-state index < -0.39 is 0 Å². The standard InChI is InChI=1S/C35H34N2/c1-21(2)29-18-26(25-12-8-7-9-13-25)19-30(22(3)4)34(29)33-20-36-35-28-15-11-10-14-27(28)31-16-23(5)24(6)17-32(31)37(33)35/h7-22H,1-6H3. The maximum Gasteiger partial charge on any atom is 0.145 e. The van der Waals surface area contributed by atoms with Crippen molar-refractivity contribution in [2.75, 3.05) is 0 Å². The first-order valence-electron chi connectivity index (χ1n) is 13.4. The van der Waals surface area contributed by atoms with E-state index in [2.05, 4.69) is 131 Å². The number of hydrogen-bond acceptors (Lipinski definition) is 1. The van der Waals surface area contributed by atoms with Crippen LogP contribution in [0.1, 0.15) is 61.8 Å². The fraction of sp³-hybridized carbons (Fsp3) is 0.229. The number of imidazole rings is 1. The summed E-state index contributed by atoms with van der Waals surface area (Å²) in [5.74, 6) is 0.745. The van der Waals surface area contributed by atoms with Gasteiger partial charge in [0.2, 0.25) is 0 Å². The van der Waals surface area contributed by atoms with Crippen LogP contribution in [-0.4, -0.2) is 9.38 Å². The third-order valence-electron chi connectivity index (χ3n) is 7.88. The minimum atomic E-state index is 0.373. The van der Waals surface area contributed by atoms with Crippen molar-refractivity contribution < 1.29 is 0 Å². The molecular formula is C35H34N2. The van der Waals surface area contributed by atoms with E-state index in [4.69, 9.17) is 4.98 Å². The molecule has 2 heteroatoms. The normalized spacial score (nSPS) is 12.0. The molecule has 184 valence electrons. The average molecular weight is 483 g/mol. The van der Waals surface area contributed by atoms with Crippen LogP contribution in [-0.2, 0) is 0 Å². The minimum Gasteiger partial charge on any atom is -0.292 e. The summed E-state index contributed by atoms with van der Waals surface area (Å²) >= 11 is 0. The summed E-state index contributed by atoms with van der Waals surface area (Å²) in [6, 6.07) is 28.9. The van der Waals surface area contributed by atoms with Crippen LogP contribution in [0.25, 0.3) is 49.7 Å². The van der Waals surface area contributed by atoms with E-state index in [1.54, 1.807) is 0 Å². The zero-order chi connectivity index (χ0) is 25.8. The molecule has 0 aliphatic heterocycles. The van der Waals surface area contributed by atoms with Gasteiger partial charge >= 0.3 is 0 Å². The third kappa shape index (κ3) is 3.74. The van der Waals surface area contributed by atoms with Crippen LogP contribution in [0.3, 0.4) is 0 Å². The van der Waals surface area contributed by atoms with Crippen LogP contribution in [0.5, 0.6) is 0 Å². The summed E-state index contributed by atoms with van der Waals surface area (Å²) in [5, 5.41) is 3.74. The molecule has 0 aliphatic rings. The van der Waals surface area contributed by atoms with Crippen molar-refractivity contribution in [2.24, 2.45) is 0 Å². The Morgan fingerprint density at radius 1 is 0.622 bits per heavy atom. The molecule has 0 aliphatic carbocycles. The highest BCUT2D eigenvalue weighted by Crippen LogP contribution is 2.42. The number of fused-ring (bicyclic) bond motifs is 6. The first-order chi connectivity index (χ1) is 17.8. The Hall–Kier alpha value is -3.91. The predicted molar refractivity (Wildman–Crippen MR) is 159 cm³/mol. The molecule has 0 atom stereocenters. The van der Waals surface area contributed by atoms with Crippen LogP contribution in [0.2, 0.25) is 0 Å². The maximum absolute atomic E-state index is 5.07. The van der Waals surface area contributed by atoms with Gasteiger partial charge in [0.1, 0.15) is 5.65 Å². The van der Waals surface area contributed by atoms with Crippen molar-refractivity contribution in [2.45, 2.75) is 53.4 Å². The fourth-order valence-electron chi connectivity index (χ4n) is 5.77. The van der Waals surface area contributed by atoms with E-state index in [-0.39, 0.29) is 0 Å². The van der Waals surface area contributed by atoms with Crippen LogP contribution in [0.15, 0.2) is 85.1 Å². The van der Waals surface area contributed by atoms with Gasteiger partial charge in [-0.05, 0) is 76.6 Å². The van der Waals surface area contributed by atoms with Crippen LogP contribution in [0, 0.1) is 13.8 Å². The van der Waals surface area contributed by atoms with Gasteiger partial charge in [0.15, 0.2) is 0 Å². The summed E-state index contributed by atoms with van der Waals surface area (Å²) < 4.78 is 2.42. The Balaban J connectivity index is 1.77. The van der Waals surface area contributed by atoms with Crippen LogP contribution in [0.4, 0.5) is 0 Å². The van der Waals surface area contributed by atoms with Crippen molar-refractivity contribution in [3.63, 3.8) is 0 Å². The van der Waals surface area contributed by atoms with E-state index in [1.165, 1.54) is 66.3 Å². The summed E-state index contributed by atoms with van der Waals surface area (Å²) in [7, 11) is 0. The van der Waals surface area contributed by atoms with Crippen molar-refractivity contribution in [3.05, 3.63) is 107 Å². The van der Waals surface area contributed by atoms with Crippen molar-refractivity contribution in [1.29, 1.82) is 0 Å². The second-order valence-electron chi connectivity index (χ2n) is 11.0. The zero-order valence-electron chi connectivity index (χ0n) is 22.6. The summed E-state index contributed by atoms with van der Waals surface area (Å²) in [4.78, 5) is 5.07. The lowest BCUT2D eigenvalue weighted by atomic mass is 9.84. The molecule has 0 saturated carbocycles. The van der Waals surface area contributed by atoms with E-state index >= 15 is 0 Å². The average Bonchev–Trinajstić information content (AvgIpc) is 3.34. The first kappa shape index (κ1) is 23.5. The highest BCUT2D eigenvalue weighted by molar-refractivity contribution is 6.12. The van der Waals surface area contributed by atoms with E-state index in [9.17, 15) is 0 Å². The Kier molecular flexibility index (Phi) is 5.64. The Labute approximate surface area is 219 Å². The van der Waals surface area contributed by atoms with Gasteiger partial charge < -0.3 is 0 Å². The molecule has 2 nitrogen and oxygen atoms in total. The van der Waals surface area contributed by atoms with Gasteiger partial charge in [0, 0.05) is 16.3 Å². The summed E-state index contributed by atoms with van der Waals surface area (Å²) in [6.45, 7) is 13.6. The fourth-order valence-corrected chi connectivity index (χ4v) is 5.77. The van der Waals surface area contributed by atoms with Crippen LogP contribution < -0.4 is 0 Å². The lowest BCUT2D eigenvalue weighted by molar-refractivity contribution is 0.837. The molecular weight excluding hydrogens is 448 g/mol. The number of aryl methyl sites for hydroxylation is 2. The molecule has 0 fully saturated rings. The van der Waals surface area contributed by atoms with E-state index in [1.807, 2.05) is 0 Å². The summed E-state index contributed by atoms with van der Waals surface area (Å²) in [5.41, 5.74) is 12.7. The van der Waals surface area contributed by atoms with Gasteiger partial charge in [-0.1, -0.05) is 94.4 Å². The quantitative estimate of drug-likeness (QED) is 0.229. The lowest BCUT2D eigenvalue weighted by Crippen LogP contribution is -2.04. The van der Waals surface area contributed by atoms with Crippen molar-refractivity contribution in [1.82, 2.24) is 9.38 Å². The summed E-state index contributed by atoms with van der Waals surface area (Å²) in [6.07, 6.45) is 2.10. The molecule has 6 rings (SSSR count). The lowest BCUT2D eigenvalue weighted by Gasteiger charge is -2.22. The third-order valence-corrected chi connectivity index (χ3v) is 7.88. The Morgan fingerprint density at radius 3 is 1.86 bits per heavy atom. The zero-order valence-corrected chi connectivity index (χ0v) is 22.6. The van der Waals surface area contributed by atoms with Crippen LogP contribution >= 0.6 is 0 Å². The van der Waals surface area contributed by atoms with Gasteiger partial charge in [-0.15, -0.1) is 0 Å². The molecule has 0 bridgehead atoms.